The van der Waals surface area contributed by atoms with E-state index in [1.807, 2.05) is 11.5 Å². The number of aromatic nitrogens is 3. The van der Waals surface area contributed by atoms with Crippen molar-refractivity contribution in [2.75, 3.05) is 13.1 Å². The Bertz CT molecular complexity index is 585. The molecule has 2 atom stereocenters. The third kappa shape index (κ3) is 3.49. The van der Waals surface area contributed by atoms with Crippen LogP contribution in [0.15, 0.2) is 0 Å². The van der Waals surface area contributed by atoms with Gasteiger partial charge in [0.15, 0.2) is 0 Å². The summed E-state index contributed by atoms with van der Waals surface area (Å²) in [6.07, 6.45) is -0.941. The Labute approximate surface area is 132 Å². The summed E-state index contributed by atoms with van der Waals surface area (Å²) in [5, 5.41) is 11.5. The van der Waals surface area contributed by atoms with Crippen molar-refractivity contribution in [3.05, 3.63) is 11.6 Å². The third-order valence-corrected chi connectivity index (χ3v) is 4.39. The molecule has 0 radical (unpaired) electrons. The lowest BCUT2D eigenvalue weighted by Crippen LogP contribution is -2.42. The van der Waals surface area contributed by atoms with Gasteiger partial charge in [0, 0.05) is 19.5 Å². The second-order valence-corrected chi connectivity index (χ2v) is 6.19. The van der Waals surface area contributed by atoms with Gasteiger partial charge in [-0.1, -0.05) is 0 Å². The smallest absolute Gasteiger partial charge is 0.332 e. The van der Waals surface area contributed by atoms with Crippen LogP contribution < -0.4 is 5.32 Å². The first kappa shape index (κ1) is 16.2. The molecule has 6 nitrogen and oxygen atoms in total. The van der Waals surface area contributed by atoms with E-state index in [1.54, 1.807) is 0 Å². The van der Waals surface area contributed by atoms with Crippen LogP contribution in [0.3, 0.4) is 0 Å². The van der Waals surface area contributed by atoms with Gasteiger partial charge in [-0.05, 0) is 26.2 Å². The first-order valence-electron chi connectivity index (χ1n) is 7.89. The lowest BCUT2D eigenvalue weighted by Gasteiger charge is -2.22. The highest BCUT2D eigenvalue weighted by molar-refractivity contribution is 5.84. The molecule has 2 aliphatic rings. The van der Waals surface area contributed by atoms with Gasteiger partial charge in [0.25, 0.3) is 0 Å². The van der Waals surface area contributed by atoms with E-state index in [1.165, 1.54) is 0 Å². The summed E-state index contributed by atoms with van der Waals surface area (Å²) in [5.41, 5.74) is 0. The van der Waals surface area contributed by atoms with Gasteiger partial charge < -0.3 is 9.47 Å². The van der Waals surface area contributed by atoms with Crippen molar-refractivity contribution in [1.82, 2.24) is 25.0 Å². The molecule has 1 amide bonds. The van der Waals surface area contributed by atoms with E-state index >= 15 is 0 Å². The van der Waals surface area contributed by atoms with E-state index in [2.05, 4.69) is 15.5 Å². The molecule has 1 aromatic heterocycles. The first-order chi connectivity index (χ1) is 10.8. The van der Waals surface area contributed by atoms with Crippen molar-refractivity contribution in [1.29, 1.82) is 0 Å². The van der Waals surface area contributed by atoms with Crippen LogP contribution in [0.4, 0.5) is 13.2 Å². The Morgan fingerprint density at radius 1 is 1.30 bits per heavy atom. The molecule has 0 saturated carbocycles. The standard InChI is InChI=1S/C14H20F3N5O/c1-9(12-20-19-11-4-2-3-6-22(11)12)18-10-5-7-21(13(10)23)8-14(15,16)17/h9-10,18H,2-8H2,1H3/t9-,10-/m0/s1. The maximum atomic E-state index is 12.4. The molecule has 0 aliphatic carbocycles. The number of halogens is 3. The van der Waals surface area contributed by atoms with E-state index in [0.29, 0.717) is 6.42 Å². The largest absolute Gasteiger partial charge is 0.406 e. The highest BCUT2D eigenvalue weighted by Crippen LogP contribution is 2.23. The van der Waals surface area contributed by atoms with Gasteiger partial charge in [0.2, 0.25) is 5.91 Å². The summed E-state index contributed by atoms with van der Waals surface area (Å²) < 4.78 is 39.4. The molecule has 3 heterocycles. The summed E-state index contributed by atoms with van der Waals surface area (Å²) in [7, 11) is 0. The number of hydrogen-bond acceptors (Lipinski definition) is 4. The van der Waals surface area contributed by atoms with Crippen LogP contribution in [0, 0.1) is 0 Å². The van der Waals surface area contributed by atoms with Crippen molar-refractivity contribution in [3.8, 4) is 0 Å². The van der Waals surface area contributed by atoms with Gasteiger partial charge in [-0.2, -0.15) is 13.2 Å². The normalized spacial score (nSPS) is 23.2. The average Bonchev–Trinajstić information content (AvgIpc) is 3.04. The van der Waals surface area contributed by atoms with Gasteiger partial charge in [-0.3, -0.25) is 10.1 Å². The molecule has 0 bridgehead atoms. The van der Waals surface area contributed by atoms with Crippen LogP contribution in [0.5, 0.6) is 0 Å². The fourth-order valence-corrected chi connectivity index (χ4v) is 3.29. The summed E-state index contributed by atoms with van der Waals surface area (Å²) in [4.78, 5) is 13.0. The Hall–Kier alpha value is -1.64. The van der Waals surface area contributed by atoms with E-state index in [0.717, 1.165) is 42.4 Å². The summed E-state index contributed by atoms with van der Waals surface area (Å²) in [6, 6.07) is -0.821. The number of amides is 1. The molecule has 0 aromatic carbocycles. The molecular weight excluding hydrogens is 311 g/mol. The lowest BCUT2D eigenvalue weighted by atomic mass is 10.1. The number of fused-ring (bicyclic) bond motifs is 1. The van der Waals surface area contributed by atoms with Gasteiger partial charge >= 0.3 is 6.18 Å². The Kier molecular flexibility index (Phi) is 4.31. The number of likely N-dealkylation sites (tertiary alicyclic amines) is 1. The number of carbonyl (C=O) groups excluding carboxylic acids is 1. The molecule has 128 valence electrons. The zero-order valence-electron chi connectivity index (χ0n) is 12.9. The van der Waals surface area contributed by atoms with Crippen LogP contribution in [0.25, 0.3) is 0 Å². The van der Waals surface area contributed by atoms with Crippen molar-refractivity contribution in [2.24, 2.45) is 0 Å². The first-order valence-corrected chi connectivity index (χ1v) is 7.89. The number of aryl methyl sites for hydroxylation is 1. The Morgan fingerprint density at radius 2 is 2.09 bits per heavy atom. The van der Waals surface area contributed by atoms with Gasteiger partial charge in [0.1, 0.15) is 18.2 Å². The maximum absolute atomic E-state index is 12.4. The topological polar surface area (TPSA) is 63.1 Å². The molecule has 0 unspecified atom stereocenters. The van der Waals surface area contributed by atoms with Crippen LogP contribution in [-0.4, -0.2) is 50.9 Å². The second kappa shape index (κ2) is 6.10. The maximum Gasteiger partial charge on any atom is 0.406 e. The predicted octanol–water partition coefficient (Wildman–Crippen LogP) is 1.43. The minimum absolute atomic E-state index is 0.126. The fraction of sp³-hybridized carbons (Fsp3) is 0.786. The molecule has 9 heteroatoms. The monoisotopic (exact) mass is 331 g/mol. The number of nitrogens with one attached hydrogen (secondary N) is 1. The van der Waals surface area contributed by atoms with E-state index in [4.69, 9.17) is 0 Å². The molecular formula is C14H20F3N5O. The van der Waals surface area contributed by atoms with Crippen LogP contribution in [0.1, 0.15) is 43.9 Å². The van der Waals surface area contributed by atoms with Gasteiger partial charge in [-0.15, -0.1) is 10.2 Å². The lowest BCUT2D eigenvalue weighted by molar-refractivity contribution is -0.158. The molecule has 2 aliphatic heterocycles. The second-order valence-electron chi connectivity index (χ2n) is 6.19. The average molecular weight is 331 g/mol. The summed E-state index contributed by atoms with van der Waals surface area (Å²) >= 11 is 0. The molecule has 0 spiro atoms. The fourth-order valence-electron chi connectivity index (χ4n) is 3.29. The molecule has 23 heavy (non-hydrogen) atoms. The van der Waals surface area contributed by atoms with Gasteiger partial charge in [-0.25, -0.2) is 0 Å². The quantitative estimate of drug-likeness (QED) is 0.907. The summed E-state index contributed by atoms with van der Waals surface area (Å²) in [5.74, 6) is 1.20. The highest BCUT2D eigenvalue weighted by Gasteiger charge is 2.40. The predicted molar refractivity (Wildman–Crippen MR) is 75.6 cm³/mol. The highest BCUT2D eigenvalue weighted by atomic mass is 19.4. The van der Waals surface area contributed by atoms with Crippen LogP contribution >= 0.6 is 0 Å². The Morgan fingerprint density at radius 3 is 2.83 bits per heavy atom. The van der Waals surface area contributed by atoms with Crippen molar-refractivity contribution in [2.45, 2.75) is 57.4 Å². The van der Waals surface area contributed by atoms with Gasteiger partial charge in [0.05, 0.1) is 12.1 Å². The van der Waals surface area contributed by atoms with E-state index in [-0.39, 0.29) is 12.6 Å². The number of nitrogens with zero attached hydrogens (tertiary/aromatic N) is 4. The number of carbonyl (C=O) groups is 1. The molecule has 1 fully saturated rings. The number of rotatable bonds is 4. The minimum atomic E-state index is -4.36. The zero-order valence-corrected chi connectivity index (χ0v) is 12.9. The molecule has 3 rings (SSSR count). The van der Waals surface area contributed by atoms with Crippen molar-refractivity contribution in [3.63, 3.8) is 0 Å². The number of hydrogen-bond donors (Lipinski definition) is 1. The third-order valence-electron chi connectivity index (χ3n) is 4.39. The number of alkyl halides is 3. The van der Waals surface area contributed by atoms with Crippen LogP contribution in [-0.2, 0) is 17.8 Å². The van der Waals surface area contributed by atoms with Crippen molar-refractivity contribution >= 4 is 5.91 Å². The molecule has 1 aromatic rings. The molecule has 1 N–H and O–H groups in total. The van der Waals surface area contributed by atoms with E-state index < -0.39 is 24.7 Å². The zero-order chi connectivity index (χ0) is 16.6. The van der Waals surface area contributed by atoms with E-state index in [9.17, 15) is 18.0 Å². The summed E-state index contributed by atoms with van der Waals surface area (Å²) in [6.45, 7) is 1.66. The Balaban J connectivity index is 1.63. The molecule has 1 saturated heterocycles. The van der Waals surface area contributed by atoms with Crippen molar-refractivity contribution < 1.29 is 18.0 Å². The van der Waals surface area contributed by atoms with Crippen LogP contribution in [0.2, 0.25) is 0 Å². The minimum Gasteiger partial charge on any atom is -0.332 e. The SMILES string of the molecule is C[C@H](N[C@H]1CCN(CC(F)(F)F)C1=O)c1nnc2n1CCCC2.